The summed E-state index contributed by atoms with van der Waals surface area (Å²) in [6, 6.07) is 11.1. The summed E-state index contributed by atoms with van der Waals surface area (Å²) >= 11 is 0. The van der Waals surface area contributed by atoms with Gasteiger partial charge in [-0.15, -0.1) is 0 Å². The SMILES string of the molecule is CCCNC(CC)c1ccc2cccnc2c1. The van der Waals surface area contributed by atoms with E-state index in [4.69, 9.17) is 0 Å². The second-order valence-corrected chi connectivity index (χ2v) is 4.37. The molecule has 0 saturated carbocycles. The fourth-order valence-electron chi connectivity index (χ4n) is 2.12. The molecule has 2 heteroatoms. The molecule has 2 nitrogen and oxygen atoms in total. The van der Waals surface area contributed by atoms with Gasteiger partial charge in [0.1, 0.15) is 0 Å². The van der Waals surface area contributed by atoms with Crippen LogP contribution in [0.15, 0.2) is 36.5 Å². The molecule has 0 aliphatic heterocycles. The Morgan fingerprint density at radius 3 is 2.88 bits per heavy atom. The van der Waals surface area contributed by atoms with Gasteiger partial charge in [-0.1, -0.05) is 32.0 Å². The smallest absolute Gasteiger partial charge is 0.0705 e. The van der Waals surface area contributed by atoms with Gasteiger partial charge in [0.15, 0.2) is 0 Å². The van der Waals surface area contributed by atoms with Crippen LogP contribution in [0.5, 0.6) is 0 Å². The summed E-state index contributed by atoms with van der Waals surface area (Å²) in [5, 5.41) is 4.78. The highest BCUT2D eigenvalue weighted by atomic mass is 14.9. The third-order valence-electron chi connectivity index (χ3n) is 3.08. The largest absolute Gasteiger partial charge is 0.310 e. The van der Waals surface area contributed by atoms with Gasteiger partial charge in [-0.3, -0.25) is 4.98 Å². The number of hydrogen-bond acceptors (Lipinski definition) is 2. The minimum Gasteiger partial charge on any atom is -0.310 e. The molecule has 1 unspecified atom stereocenters. The molecule has 0 fully saturated rings. The Bertz CT molecular complexity index is 479. The molecule has 0 aliphatic rings. The second kappa shape index (κ2) is 5.78. The van der Waals surface area contributed by atoms with Gasteiger partial charge in [-0.25, -0.2) is 0 Å². The number of aromatic nitrogens is 1. The average Bonchev–Trinajstić information content (AvgIpc) is 2.39. The van der Waals surface area contributed by atoms with E-state index in [-0.39, 0.29) is 0 Å². The fraction of sp³-hybridized carbons (Fsp3) is 0.400. The number of nitrogens with one attached hydrogen (secondary N) is 1. The molecule has 0 aliphatic carbocycles. The lowest BCUT2D eigenvalue weighted by Crippen LogP contribution is -2.21. The van der Waals surface area contributed by atoms with E-state index in [0.717, 1.165) is 18.5 Å². The average molecular weight is 228 g/mol. The van der Waals surface area contributed by atoms with Crippen molar-refractivity contribution in [3.8, 4) is 0 Å². The first-order chi connectivity index (χ1) is 8.35. The number of nitrogens with zero attached hydrogens (tertiary/aromatic N) is 1. The molecule has 1 atom stereocenters. The summed E-state index contributed by atoms with van der Waals surface area (Å²) in [5.41, 5.74) is 2.42. The van der Waals surface area contributed by atoms with Crippen molar-refractivity contribution in [3.05, 3.63) is 42.1 Å². The predicted molar refractivity (Wildman–Crippen MR) is 73.1 cm³/mol. The van der Waals surface area contributed by atoms with Crippen molar-refractivity contribution in [1.82, 2.24) is 10.3 Å². The first-order valence-electron chi connectivity index (χ1n) is 6.43. The molecule has 90 valence electrons. The van der Waals surface area contributed by atoms with E-state index < -0.39 is 0 Å². The molecule has 0 amide bonds. The van der Waals surface area contributed by atoms with Crippen LogP contribution >= 0.6 is 0 Å². The maximum Gasteiger partial charge on any atom is 0.0705 e. The zero-order valence-electron chi connectivity index (χ0n) is 10.6. The van der Waals surface area contributed by atoms with Gasteiger partial charge in [0.25, 0.3) is 0 Å². The van der Waals surface area contributed by atoms with E-state index in [1.54, 1.807) is 0 Å². The van der Waals surface area contributed by atoms with E-state index >= 15 is 0 Å². The summed E-state index contributed by atoms with van der Waals surface area (Å²) in [5.74, 6) is 0. The molecule has 2 rings (SSSR count). The number of pyridine rings is 1. The van der Waals surface area contributed by atoms with Crippen molar-refractivity contribution < 1.29 is 0 Å². The highest BCUT2D eigenvalue weighted by Gasteiger charge is 2.08. The van der Waals surface area contributed by atoms with Gasteiger partial charge in [0.2, 0.25) is 0 Å². The lowest BCUT2D eigenvalue weighted by Gasteiger charge is -2.17. The van der Waals surface area contributed by atoms with Crippen LogP contribution in [-0.4, -0.2) is 11.5 Å². The van der Waals surface area contributed by atoms with Crippen LogP contribution < -0.4 is 5.32 Å². The second-order valence-electron chi connectivity index (χ2n) is 4.37. The van der Waals surface area contributed by atoms with Crippen LogP contribution in [0.2, 0.25) is 0 Å². The lowest BCUT2D eigenvalue weighted by molar-refractivity contribution is 0.519. The molecule has 0 radical (unpaired) electrons. The Labute approximate surface area is 103 Å². The topological polar surface area (TPSA) is 24.9 Å². The Morgan fingerprint density at radius 2 is 2.12 bits per heavy atom. The Balaban J connectivity index is 2.27. The van der Waals surface area contributed by atoms with Crippen molar-refractivity contribution in [2.24, 2.45) is 0 Å². The van der Waals surface area contributed by atoms with Crippen LogP contribution in [-0.2, 0) is 0 Å². The highest BCUT2D eigenvalue weighted by Crippen LogP contribution is 2.21. The van der Waals surface area contributed by atoms with Crippen molar-refractivity contribution in [3.63, 3.8) is 0 Å². The molecule has 1 heterocycles. The quantitative estimate of drug-likeness (QED) is 0.844. The maximum absolute atomic E-state index is 4.41. The maximum atomic E-state index is 4.41. The molecule has 2 aromatic rings. The monoisotopic (exact) mass is 228 g/mol. The summed E-state index contributed by atoms with van der Waals surface area (Å²) in [6.45, 7) is 5.48. The minimum absolute atomic E-state index is 0.446. The van der Waals surface area contributed by atoms with Gasteiger partial charge < -0.3 is 5.32 Å². The Kier molecular flexibility index (Phi) is 4.10. The van der Waals surface area contributed by atoms with E-state index in [9.17, 15) is 0 Å². The summed E-state index contributed by atoms with van der Waals surface area (Å²) in [7, 11) is 0. The normalized spacial score (nSPS) is 12.8. The van der Waals surface area contributed by atoms with Gasteiger partial charge in [0.05, 0.1) is 5.52 Å². The fourth-order valence-corrected chi connectivity index (χ4v) is 2.12. The summed E-state index contributed by atoms with van der Waals surface area (Å²) in [6.07, 6.45) is 4.13. The third-order valence-corrected chi connectivity index (χ3v) is 3.08. The first-order valence-corrected chi connectivity index (χ1v) is 6.43. The van der Waals surface area contributed by atoms with Crippen LogP contribution in [0.3, 0.4) is 0 Å². The van der Waals surface area contributed by atoms with Crippen LogP contribution in [0, 0.1) is 0 Å². The zero-order chi connectivity index (χ0) is 12.1. The molecule has 1 aromatic carbocycles. The van der Waals surface area contributed by atoms with Gasteiger partial charge in [0, 0.05) is 17.6 Å². The Hall–Kier alpha value is -1.41. The lowest BCUT2D eigenvalue weighted by atomic mass is 10.0. The Morgan fingerprint density at radius 1 is 1.24 bits per heavy atom. The van der Waals surface area contributed by atoms with Crippen molar-refractivity contribution >= 4 is 10.9 Å². The first kappa shape index (κ1) is 12.1. The van der Waals surface area contributed by atoms with Crippen molar-refractivity contribution in [2.75, 3.05) is 6.54 Å². The van der Waals surface area contributed by atoms with Gasteiger partial charge in [-0.05, 0) is 37.1 Å². The number of rotatable bonds is 5. The number of benzene rings is 1. The number of hydrogen-bond donors (Lipinski definition) is 1. The minimum atomic E-state index is 0.446. The van der Waals surface area contributed by atoms with Crippen LogP contribution in [0.1, 0.15) is 38.3 Å². The van der Waals surface area contributed by atoms with E-state index in [0.29, 0.717) is 6.04 Å². The standard InChI is InChI=1S/C15H20N2/c1-3-9-16-14(4-2)13-8-7-12-6-5-10-17-15(12)11-13/h5-8,10-11,14,16H,3-4,9H2,1-2H3. The third kappa shape index (κ3) is 2.83. The van der Waals surface area contributed by atoms with Gasteiger partial charge in [-0.2, -0.15) is 0 Å². The van der Waals surface area contributed by atoms with Crippen molar-refractivity contribution in [2.45, 2.75) is 32.7 Å². The summed E-state index contributed by atoms with van der Waals surface area (Å²) in [4.78, 5) is 4.41. The predicted octanol–water partition coefficient (Wildman–Crippen LogP) is 3.69. The summed E-state index contributed by atoms with van der Waals surface area (Å²) < 4.78 is 0. The molecule has 0 spiro atoms. The van der Waals surface area contributed by atoms with E-state index in [1.165, 1.54) is 17.4 Å². The van der Waals surface area contributed by atoms with Gasteiger partial charge >= 0.3 is 0 Å². The van der Waals surface area contributed by atoms with Crippen molar-refractivity contribution in [1.29, 1.82) is 0 Å². The van der Waals surface area contributed by atoms with Crippen LogP contribution in [0.4, 0.5) is 0 Å². The molecule has 0 saturated heterocycles. The molecule has 0 bridgehead atoms. The molecular weight excluding hydrogens is 208 g/mol. The van der Waals surface area contributed by atoms with E-state index in [2.05, 4.69) is 48.4 Å². The number of fused-ring (bicyclic) bond motifs is 1. The highest BCUT2D eigenvalue weighted by molar-refractivity contribution is 5.78. The molecule has 17 heavy (non-hydrogen) atoms. The molecule has 1 N–H and O–H groups in total. The zero-order valence-corrected chi connectivity index (χ0v) is 10.6. The molecule has 1 aromatic heterocycles. The van der Waals surface area contributed by atoms with Crippen LogP contribution in [0.25, 0.3) is 10.9 Å². The molecular formula is C15H20N2. The van der Waals surface area contributed by atoms with E-state index in [1.807, 2.05) is 12.3 Å².